The van der Waals surface area contributed by atoms with Crippen LogP contribution in [-0.2, 0) is 31.1 Å². The number of anilines is 1. The zero-order valence-electron chi connectivity index (χ0n) is 27.2. The van der Waals surface area contributed by atoms with Gasteiger partial charge in [0.15, 0.2) is 0 Å². The minimum Gasteiger partial charge on any atom is -0.490 e. The van der Waals surface area contributed by atoms with E-state index in [-0.39, 0.29) is 28.9 Å². The quantitative estimate of drug-likeness (QED) is 0.356. The van der Waals surface area contributed by atoms with Crippen LogP contribution in [0.15, 0.2) is 52.9 Å². The molecule has 10 heteroatoms. The number of fused-ring (bicyclic) bond motifs is 4. The van der Waals surface area contributed by atoms with Crippen molar-refractivity contribution < 1.29 is 23.3 Å². The van der Waals surface area contributed by atoms with Gasteiger partial charge in [0.25, 0.3) is 5.91 Å². The number of nitrogens with zero attached hydrogens (tertiary/aromatic N) is 3. The number of hydrogen-bond donors (Lipinski definition) is 0. The molecule has 2 aromatic carbocycles. The van der Waals surface area contributed by atoms with E-state index >= 15 is 0 Å². The van der Waals surface area contributed by atoms with Crippen molar-refractivity contribution in [2.75, 3.05) is 56.8 Å². The van der Waals surface area contributed by atoms with Gasteiger partial charge in [0, 0.05) is 55.5 Å². The summed E-state index contributed by atoms with van der Waals surface area (Å²) in [5, 5.41) is 0.751. The maximum Gasteiger partial charge on any atom is 0.285 e. The van der Waals surface area contributed by atoms with Crippen molar-refractivity contribution >= 4 is 38.8 Å². The SMILES string of the molecule is CCN(C)C(=O)C[S@@]1(=O)=NC(=O)c2ccc3c(c2)N(C[C@@H]2CC[C@H]2[C@@H](OC)/C=C/CCC1)C[C@@]1(CCCc2cc(Cl)ccc21)CO3. The molecule has 248 valence electrons. The van der Waals surface area contributed by atoms with E-state index in [4.69, 9.17) is 21.1 Å². The molecule has 2 aromatic rings. The Balaban J connectivity index is 1.43. The van der Waals surface area contributed by atoms with Crippen LogP contribution in [0, 0.1) is 11.8 Å². The van der Waals surface area contributed by atoms with E-state index in [1.54, 1.807) is 20.2 Å². The number of allylic oxidation sites excluding steroid dienone is 1. The third-order valence-corrected chi connectivity index (χ3v) is 12.9. The van der Waals surface area contributed by atoms with Crippen LogP contribution in [-0.4, -0.2) is 78.9 Å². The maximum atomic E-state index is 14.1. The van der Waals surface area contributed by atoms with Crippen molar-refractivity contribution in [1.29, 1.82) is 0 Å². The minimum absolute atomic E-state index is 0.0115. The number of halogens is 1. The zero-order chi connectivity index (χ0) is 32.5. The van der Waals surface area contributed by atoms with E-state index in [0.717, 1.165) is 61.7 Å². The minimum atomic E-state index is -3.13. The average Bonchev–Trinajstić information content (AvgIpc) is 3.18. The van der Waals surface area contributed by atoms with Gasteiger partial charge in [-0.25, -0.2) is 4.21 Å². The molecule has 1 spiro atoms. The van der Waals surface area contributed by atoms with Crippen LogP contribution in [0.1, 0.15) is 66.9 Å². The van der Waals surface area contributed by atoms with Crippen molar-refractivity contribution in [2.24, 2.45) is 16.2 Å². The second kappa shape index (κ2) is 13.7. The van der Waals surface area contributed by atoms with Crippen molar-refractivity contribution in [3.05, 3.63) is 70.3 Å². The molecule has 2 amide bonds. The number of benzene rings is 2. The van der Waals surface area contributed by atoms with Gasteiger partial charge >= 0.3 is 0 Å². The first-order valence-corrected chi connectivity index (χ1v) is 18.9. The zero-order valence-corrected chi connectivity index (χ0v) is 28.8. The van der Waals surface area contributed by atoms with Gasteiger partial charge in [-0.15, -0.1) is 0 Å². The molecule has 2 heterocycles. The van der Waals surface area contributed by atoms with E-state index in [2.05, 4.69) is 33.5 Å². The highest BCUT2D eigenvalue weighted by atomic mass is 35.5. The lowest BCUT2D eigenvalue weighted by Crippen LogP contribution is -2.49. The fourth-order valence-corrected chi connectivity index (χ4v) is 9.80. The Morgan fingerprint density at radius 2 is 2.07 bits per heavy atom. The Morgan fingerprint density at radius 3 is 2.83 bits per heavy atom. The molecule has 4 aliphatic rings. The topological polar surface area (TPSA) is 88.5 Å². The monoisotopic (exact) mass is 667 g/mol. The molecule has 0 N–H and O–H groups in total. The van der Waals surface area contributed by atoms with Crippen molar-refractivity contribution in [1.82, 2.24) is 4.90 Å². The van der Waals surface area contributed by atoms with Crippen molar-refractivity contribution in [3.63, 3.8) is 0 Å². The molecular weight excluding hydrogens is 622 g/mol. The molecule has 1 fully saturated rings. The second-order valence-corrected chi connectivity index (χ2v) is 16.3. The van der Waals surface area contributed by atoms with Crippen LogP contribution in [0.5, 0.6) is 5.75 Å². The normalized spacial score (nSPS) is 30.1. The lowest BCUT2D eigenvalue weighted by molar-refractivity contribution is -0.126. The highest BCUT2D eigenvalue weighted by Crippen LogP contribution is 2.47. The molecule has 5 atom stereocenters. The highest BCUT2D eigenvalue weighted by molar-refractivity contribution is 7.94. The van der Waals surface area contributed by atoms with Gasteiger partial charge in [-0.05, 0) is 105 Å². The number of rotatable bonds is 4. The van der Waals surface area contributed by atoms with Crippen LogP contribution < -0.4 is 9.64 Å². The molecule has 2 aliphatic heterocycles. The molecule has 2 bridgehead atoms. The summed E-state index contributed by atoms with van der Waals surface area (Å²) in [7, 11) is 0.317. The molecular formula is C36H46ClN3O5S. The Kier molecular flexibility index (Phi) is 9.83. The van der Waals surface area contributed by atoms with E-state index in [0.29, 0.717) is 43.4 Å². The van der Waals surface area contributed by atoms with Gasteiger partial charge in [-0.3, -0.25) is 9.59 Å². The van der Waals surface area contributed by atoms with Crippen LogP contribution in [0.3, 0.4) is 0 Å². The Hall–Kier alpha value is -2.88. The standard InChI is InChI=1S/C36H46ClN3O5S/c1-4-39(2)34(41)22-46(43)18-7-5-6-10-32(44-3)29-14-11-27(29)21-40-23-36(17-8-9-25-19-28(37)13-15-30(25)36)24-45-33-16-12-26(20-31(33)40)35(42)38-46/h6,10,12-13,15-16,19-20,27,29,32H,4-5,7-9,11,14,17-18,21-24H2,1-3H3/b10-6+/t27-,29+,32-,36-,46+/m0/s1. The molecule has 0 radical (unpaired) electrons. The van der Waals surface area contributed by atoms with E-state index < -0.39 is 15.6 Å². The fraction of sp³-hybridized carbons (Fsp3) is 0.556. The molecule has 2 aliphatic carbocycles. The summed E-state index contributed by atoms with van der Waals surface area (Å²) in [5.74, 6) is 0.593. The number of carbonyl (C=O) groups excluding carboxylic acids is 2. The Bertz CT molecular complexity index is 1640. The molecule has 0 saturated heterocycles. The van der Waals surface area contributed by atoms with E-state index in [9.17, 15) is 13.8 Å². The number of amides is 2. The third kappa shape index (κ3) is 6.74. The van der Waals surface area contributed by atoms with Gasteiger partial charge < -0.3 is 19.3 Å². The molecule has 0 aromatic heterocycles. The number of aryl methyl sites for hydroxylation is 1. The molecule has 8 nitrogen and oxygen atoms in total. The summed E-state index contributed by atoms with van der Waals surface area (Å²) >= 11 is 6.43. The first-order chi connectivity index (χ1) is 22.1. The molecule has 46 heavy (non-hydrogen) atoms. The van der Waals surface area contributed by atoms with E-state index in [1.165, 1.54) is 16.0 Å². The van der Waals surface area contributed by atoms with Crippen LogP contribution in [0.2, 0.25) is 5.02 Å². The van der Waals surface area contributed by atoms with Gasteiger partial charge in [-0.1, -0.05) is 29.8 Å². The Morgan fingerprint density at radius 1 is 1.22 bits per heavy atom. The highest BCUT2D eigenvalue weighted by Gasteiger charge is 2.44. The average molecular weight is 668 g/mol. The maximum absolute atomic E-state index is 14.1. The van der Waals surface area contributed by atoms with Crippen LogP contribution in [0.4, 0.5) is 5.69 Å². The summed E-state index contributed by atoms with van der Waals surface area (Å²) in [4.78, 5) is 30.6. The summed E-state index contributed by atoms with van der Waals surface area (Å²) < 4.78 is 31.1. The Labute approximate surface area is 278 Å². The number of carbonyl (C=O) groups is 2. The summed E-state index contributed by atoms with van der Waals surface area (Å²) in [6.07, 6.45) is 10.7. The second-order valence-electron chi connectivity index (χ2n) is 13.5. The predicted molar refractivity (Wildman–Crippen MR) is 184 cm³/mol. The van der Waals surface area contributed by atoms with Crippen LogP contribution in [0.25, 0.3) is 0 Å². The molecule has 0 unspecified atom stereocenters. The predicted octanol–water partition coefficient (Wildman–Crippen LogP) is 6.29. The van der Waals surface area contributed by atoms with Gasteiger partial charge in [0.1, 0.15) is 11.5 Å². The third-order valence-electron chi connectivity index (χ3n) is 10.6. The fourth-order valence-electron chi connectivity index (χ4n) is 7.67. The number of hydrogen-bond acceptors (Lipinski definition) is 6. The van der Waals surface area contributed by atoms with Crippen molar-refractivity contribution in [3.8, 4) is 5.75 Å². The lowest BCUT2D eigenvalue weighted by Gasteiger charge is -2.46. The van der Waals surface area contributed by atoms with Gasteiger partial charge in [0.2, 0.25) is 5.91 Å². The number of ether oxygens (including phenoxy) is 2. The van der Waals surface area contributed by atoms with Crippen molar-refractivity contribution in [2.45, 2.75) is 63.4 Å². The van der Waals surface area contributed by atoms with E-state index in [1.807, 2.05) is 25.1 Å². The summed E-state index contributed by atoms with van der Waals surface area (Å²) in [5.41, 5.74) is 3.55. The molecule has 1 saturated carbocycles. The summed E-state index contributed by atoms with van der Waals surface area (Å²) in [6.45, 7) is 4.44. The lowest BCUT2D eigenvalue weighted by atomic mass is 9.68. The first-order valence-electron chi connectivity index (χ1n) is 16.6. The van der Waals surface area contributed by atoms with Crippen LogP contribution >= 0.6 is 11.6 Å². The van der Waals surface area contributed by atoms with Gasteiger partial charge in [-0.2, -0.15) is 4.36 Å². The summed E-state index contributed by atoms with van der Waals surface area (Å²) in [6, 6.07) is 11.7. The number of methoxy groups -OCH3 is 1. The van der Waals surface area contributed by atoms with Gasteiger partial charge in [0.05, 0.1) is 28.1 Å². The largest absolute Gasteiger partial charge is 0.490 e. The smallest absolute Gasteiger partial charge is 0.285 e. The molecule has 6 rings (SSSR count). The first kappa shape index (κ1) is 33.0.